The first-order chi connectivity index (χ1) is 13.4. The van der Waals surface area contributed by atoms with Gasteiger partial charge in [-0.25, -0.2) is 0 Å². The molecule has 0 atom stereocenters. The van der Waals surface area contributed by atoms with E-state index in [1.807, 2.05) is 56.8 Å². The predicted molar refractivity (Wildman–Crippen MR) is 105 cm³/mol. The van der Waals surface area contributed by atoms with Crippen molar-refractivity contribution in [1.29, 1.82) is 0 Å². The standard InChI is InChI=1S/C21H26N4O3/c1-6-25-11-17(15(4)23-25)10-22-21(26)20-18(16(5)28-24-20)12-27-19-9-7-8-13(2)14(19)3/h7-9,11H,6,10,12H2,1-5H3,(H,22,26). The number of amides is 1. The molecule has 0 fully saturated rings. The molecule has 7 nitrogen and oxygen atoms in total. The number of aromatic nitrogens is 3. The molecule has 28 heavy (non-hydrogen) atoms. The molecule has 0 unspecified atom stereocenters. The van der Waals surface area contributed by atoms with Crippen LogP contribution in [-0.4, -0.2) is 20.8 Å². The van der Waals surface area contributed by atoms with E-state index in [0.29, 0.717) is 17.9 Å². The van der Waals surface area contributed by atoms with Gasteiger partial charge in [-0.1, -0.05) is 17.3 Å². The van der Waals surface area contributed by atoms with Gasteiger partial charge in [0.05, 0.1) is 11.3 Å². The molecule has 148 valence electrons. The Bertz CT molecular complexity index is 988. The summed E-state index contributed by atoms with van der Waals surface area (Å²) in [4.78, 5) is 12.7. The molecule has 0 bridgehead atoms. The van der Waals surface area contributed by atoms with Gasteiger partial charge >= 0.3 is 0 Å². The highest BCUT2D eigenvalue weighted by molar-refractivity contribution is 5.93. The number of hydrogen-bond acceptors (Lipinski definition) is 5. The molecule has 0 spiro atoms. The lowest BCUT2D eigenvalue weighted by Crippen LogP contribution is -2.24. The maximum Gasteiger partial charge on any atom is 0.274 e. The van der Waals surface area contributed by atoms with E-state index in [9.17, 15) is 4.79 Å². The van der Waals surface area contributed by atoms with E-state index >= 15 is 0 Å². The fourth-order valence-corrected chi connectivity index (χ4v) is 2.92. The Labute approximate surface area is 164 Å². The molecule has 0 saturated heterocycles. The first kappa shape index (κ1) is 19.7. The summed E-state index contributed by atoms with van der Waals surface area (Å²) in [7, 11) is 0. The van der Waals surface area contributed by atoms with Crippen LogP contribution in [0.1, 0.15) is 51.1 Å². The third-order valence-electron chi connectivity index (χ3n) is 4.94. The van der Waals surface area contributed by atoms with E-state index in [2.05, 4.69) is 15.6 Å². The van der Waals surface area contributed by atoms with E-state index < -0.39 is 0 Å². The molecule has 0 aliphatic rings. The summed E-state index contributed by atoms with van der Waals surface area (Å²) in [5, 5.41) is 11.2. The highest BCUT2D eigenvalue weighted by Crippen LogP contribution is 2.23. The minimum Gasteiger partial charge on any atom is -0.488 e. The Balaban J connectivity index is 1.70. The van der Waals surface area contributed by atoms with Crippen LogP contribution in [0.2, 0.25) is 0 Å². The number of carbonyl (C=O) groups is 1. The zero-order chi connectivity index (χ0) is 20.3. The molecule has 0 radical (unpaired) electrons. The first-order valence-electron chi connectivity index (χ1n) is 9.36. The van der Waals surface area contributed by atoms with Crippen LogP contribution in [-0.2, 0) is 19.7 Å². The number of aryl methyl sites for hydroxylation is 4. The molecule has 0 saturated carbocycles. The van der Waals surface area contributed by atoms with Crippen molar-refractivity contribution >= 4 is 5.91 Å². The number of rotatable bonds is 7. The van der Waals surface area contributed by atoms with E-state index in [1.54, 1.807) is 6.92 Å². The summed E-state index contributed by atoms with van der Waals surface area (Å²) in [6.07, 6.45) is 1.94. The number of nitrogens with one attached hydrogen (secondary N) is 1. The largest absolute Gasteiger partial charge is 0.488 e. The van der Waals surface area contributed by atoms with Gasteiger partial charge in [-0.05, 0) is 51.8 Å². The molecule has 7 heteroatoms. The van der Waals surface area contributed by atoms with Gasteiger partial charge in [-0.3, -0.25) is 9.48 Å². The molecular weight excluding hydrogens is 356 g/mol. The Hall–Kier alpha value is -3.09. The monoisotopic (exact) mass is 382 g/mol. The van der Waals surface area contributed by atoms with Gasteiger partial charge in [-0.15, -0.1) is 0 Å². The summed E-state index contributed by atoms with van der Waals surface area (Å²) in [5.41, 5.74) is 5.01. The van der Waals surface area contributed by atoms with E-state index in [1.165, 1.54) is 0 Å². The SMILES string of the molecule is CCn1cc(CNC(=O)c2noc(C)c2COc2cccc(C)c2C)c(C)n1. The average Bonchev–Trinajstić information content (AvgIpc) is 3.23. The van der Waals surface area contributed by atoms with Gasteiger partial charge < -0.3 is 14.6 Å². The quantitative estimate of drug-likeness (QED) is 0.675. The molecular formula is C21H26N4O3. The minimum atomic E-state index is -0.292. The van der Waals surface area contributed by atoms with Gasteiger partial charge in [0.25, 0.3) is 5.91 Å². The van der Waals surface area contributed by atoms with Crippen molar-refractivity contribution in [2.24, 2.45) is 0 Å². The second-order valence-corrected chi connectivity index (χ2v) is 6.83. The third-order valence-corrected chi connectivity index (χ3v) is 4.94. The average molecular weight is 382 g/mol. The maximum absolute atomic E-state index is 12.7. The second kappa shape index (κ2) is 8.29. The Morgan fingerprint density at radius 3 is 2.75 bits per heavy atom. The zero-order valence-electron chi connectivity index (χ0n) is 17.0. The van der Waals surface area contributed by atoms with Crippen LogP contribution in [0.5, 0.6) is 5.75 Å². The maximum atomic E-state index is 12.7. The lowest BCUT2D eigenvalue weighted by Gasteiger charge is -2.11. The molecule has 1 N–H and O–H groups in total. The van der Waals surface area contributed by atoms with Crippen LogP contribution in [0.3, 0.4) is 0 Å². The lowest BCUT2D eigenvalue weighted by molar-refractivity contribution is 0.0939. The number of hydrogen-bond donors (Lipinski definition) is 1. The summed E-state index contributed by atoms with van der Waals surface area (Å²) in [6.45, 7) is 11.2. The molecule has 3 aromatic rings. The molecule has 3 rings (SSSR count). The summed E-state index contributed by atoms with van der Waals surface area (Å²) < 4.78 is 13.0. The number of nitrogens with zero attached hydrogens (tertiary/aromatic N) is 3. The molecule has 2 heterocycles. The highest BCUT2D eigenvalue weighted by Gasteiger charge is 2.21. The lowest BCUT2D eigenvalue weighted by atomic mass is 10.1. The van der Waals surface area contributed by atoms with Gasteiger partial charge in [0, 0.05) is 24.8 Å². The molecule has 0 aliphatic heterocycles. The van der Waals surface area contributed by atoms with Crippen LogP contribution in [0, 0.1) is 27.7 Å². The molecule has 1 aromatic carbocycles. The van der Waals surface area contributed by atoms with Crippen LogP contribution in [0.15, 0.2) is 28.9 Å². The molecule has 2 aromatic heterocycles. The first-order valence-corrected chi connectivity index (χ1v) is 9.36. The highest BCUT2D eigenvalue weighted by atomic mass is 16.5. The summed E-state index contributed by atoms with van der Waals surface area (Å²) in [5.74, 6) is 1.07. The van der Waals surface area contributed by atoms with Crippen LogP contribution in [0.4, 0.5) is 0 Å². The molecule has 0 aliphatic carbocycles. The normalized spacial score (nSPS) is 10.9. The van der Waals surface area contributed by atoms with E-state index in [4.69, 9.17) is 9.26 Å². The van der Waals surface area contributed by atoms with Gasteiger partial charge in [0.1, 0.15) is 18.1 Å². The van der Waals surface area contributed by atoms with Crippen LogP contribution < -0.4 is 10.1 Å². The smallest absolute Gasteiger partial charge is 0.274 e. The van der Waals surface area contributed by atoms with Crippen molar-refractivity contribution in [2.75, 3.05) is 0 Å². The number of ether oxygens (including phenoxy) is 1. The van der Waals surface area contributed by atoms with Crippen molar-refractivity contribution in [3.05, 3.63) is 63.8 Å². The summed E-state index contributed by atoms with van der Waals surface area (Å²) in [6, 6.07) is 5.90. The fraction of sp³-hybridized carbons (Fsp3) is 0.381. The Morgan fingerprint density at radius 2 is 2.04 bits per heavy atom. The van der Waals surface area contributed by atoms with Crippen molar-refractivity contribution in [3.8, 4) is 5.75 Å². The zero-order valence-corrected chi connectivity index (χ0v) is 17.0. The van der Waals surface area contributed by atoms with Gasteiger partial charge in [0.2, 0.25) is 0 Å². The van der Waals surface area contributed by atoms with Crippen LogP contribution in [0.25, 0.3) is 0 Å². The summed E-state index contributed by atoms with van der Waals surface area (Å²) >= 11 is 0. The van der Waals surface area contributed by atoms with E-state index in [-0.39, 0.29) is 18.2 Å². The van der Waals surface area contributed by atoms with Crippen molar-refractivity contribution in [3.63, 3.8) is 0 Å². The predicted octanol–water partition coefficient (Wildman–Crippen LogP) is 3.63. The number of benzene rings is 1. The van der Waals surface area contributed by atoms with Crippen molar-refractivity contribution in [1.82, 2.24) is 20.3 Å². The van der Waals surface area contributed by atoms with Crippen molar-refractivity contribution < 1.29 is 14.1 Å². The second-order valence-electron chi connectivity index (χ2n) is 6.83. The Kier molecular flexibility index (Phi) is 5.82. The van der Waals surface area contributed by atoms with Gasteiger partial charge in [-0.2, -0.15) is 5.10 Å². The fourth-order valence-electron chi connectivity index (χ4n) is 2.92. The van der Waals surface area contributed by atoms with Gasteiger partial charge in [0.15, 0.2) is 5.69 Å². The van der Waals surface area contributed by atoms with Crippen LogP contribution >= 0.6 is 0 Å². The van der Waals surface area contributed by atoms with E-state index in [0.717, 1.165) is 34.7 Å². The molecule has 1 amide bonds. The Morgan fingerprint density at radius 1 is 1.25 bits per heavy atom. The number of carbonyl (C=O) groups excluding carboxylic acids is 1. The third kappa shape index (κ3) is 4.08. The minimum absolute atomic E-state index is 0.217. The van der Waals surface area contributed by atoms with Crippen molar-refractivity contribution in [2.45, 2.75) is 54.3 Å². The topological polar surface area (TPSA) is 82.2 Å².